The van der Waals surface area contributed by atoms with Crippen LogP contribution < -0.4 is 5.32 Å². The number of benzene rings is 1. The predicted molar refractivity (Wildman–Crippen MR) is 132 cm³/mol. The number of nitrogens with zero attached hydrogens (tertiary/aromatic N) is 3. The normalized spacial score (nSPS) is 21.3. The lowest BCUT2D eigenvalue weighted by atomic mass is 9.98. The fourth-order valence-electron chi connectivity index (χ4n) is 4.53. The van der Waals surface area contributed by atoms with Gasteiger partial charge in [0, 0.05) is 64.3 Å². The minimum absolute atomic E-state index is 0.0319. The Morgan fingerprint density at radius 3 is 2.11 bits per heavy atom. The maximum absolute atomic E-state index is 13.3. The van der Waals surface area contributed by atoms with Crippen LogP contribution in [0, 0.1) is 0 Å². The number of alkyl halides is 3. The van der Waals surface area contributed by atoms with Crippen molar-refractivity contribution >= 4 is 21.9 Å². The zero-order valence-electron chi connectivity index (χ0n) is 21.3. The van der Waals surface area contributed by atoms with E-state index in [1.807, 2.05) is 11.0 Å². The van der Waals surface area contributed by atoms with Gasteiger partial charge in [-0.15, -0.1) is 0 Å². The SMILES string of the molecule is CC1CCCC(C)N1CCN(CCC(=O)N1CCNCC1)S(=O)(=O)c1ccccc1.O=C(O)C(F)(F)F. The summed E-state index contributed by atoms with van der Waals surface area (Å²) >= 11 is 0. The molecule has 9 nitrogen and oxygen atoms in total. The molecule has 37 heavy (non-hydrogen) atoms. The first-order valence-corrected chi connectivity index (χ1v) is 13.9. The van der Waals surface area contributed by atoms with Crippen LogP contribution in [-0.2, 0) is 19.6 Å². The first-order chi connectivity index (χ1) is 17.3. The zero-order chi connectivity index (χ0) is 27.6. The third-order valence-electron chi connectivity index (χ3n) is 6.65. The van der Waals surface area contributed by atoms with Crippen molar-refractivity contribution < 1.29 is 36.3 Å². The van der Waals surface area contributed by atoms with Crippen LogP contribution in [0.4, 0.5) is 13.2 Å². The number of carboxylic acids is 1. The van der Waals surface area contributed by atoms with Crippen molar-refractivity contribution in [2.75, 3.05) is 45.8 Å². The molecule has 2 heterocycles. The van der Waals surface area contributed by atoms with Crippen molar-refractivity contribution in [1.82, 2.24) is 19.4 Å². The van der Waals surface area contributed by atoms with Crippen molar-refractivity contribution in [1.29, 1.82) is 0 Å². The summed E-state index contributed by atoms with van der Waals surface area (Å²) in [6.07, 6.45) is -1.34. The molecule has 2 unspecified atom stereocenters. The molecule has 2 fully saturated rings. The lowest BCUT2D eigenvalue weighted by molar-refractivity contribution is -0.192. The number of nitrogens with one attached hydrogen (secondary N) is 1. The molecule has 3 rings (SSSR count). The number of sulfonamides is 1. The van der Waals surface area contributed by atoms with Crippen LogP contribution in [0.3, 0.4) is 0 Å². The molecule has 0 radical (unpaired) electrons. The largest absolute Gasteiger partial charge is 0.490 e. The first-order valence-electron chi connectivity index (χ1n) is 12.4. The number of piperidine rings is 1. The highest BCUT2D eigenvalue weighted by Crippen LogP contribution is 2.23. The van der Waals surface area contributed by atoms with Gasteiger partial charge in [-0.1, -0.05) is 24.6 Å². The van der Waals surface area contributed by atoms with Gasteiger partial charge in [-0.3, -0.25) is 9.69 Å². The molecule has 2 N–H and O–H groups in total. The summed E-state index contributed by atoms with van der Waals surface area (Å²) in [5, 5.41) is 10.4. The molecule has 210 valence electrons. The quantitative estimate of drug-likeness (QED) is 0.512. The van der Waals surface area contributed by atoms with Crippen molar-refractivity contribution in [3.63, 3.8) is 0 Å². The Hall–Kier alpha value is -2.22. The number of aliphatic carboxylic acids is 1. The average molecular weight is 551 g/mol. The summed E-state index contributed by atoms with van der Waals surface area (Å²) < 4.78 is 59.9. The molecular formula is C24H37F3N4O5S. The maximum Gasteiger partial charge on any atom is 0.490 e. The van der Waals surface area contributed by atoms with Crippen LogP contribution in [0.25, 0.3) is 0 Å². The number of hydrogen-bond acceptors (Lipinski definition) is 6. The molecule has 0 saturated carbocycles. The minimum atomic E-state index is -5.08. The number of piperazine rings is 1. The van der Waals surface area contributed by atoms with Gasteiger partial charge in [0.15, 0.2) is 0 Å². The average Bonchev–Trinajstić information content (AvgIpc) is 2.86. The van der Waals surface area contributed by atoms with E-state index in [9.17, 15) is 26.4 Å². The monoisotopic (exact) mass is 550 g/mol. The van der Waals surface area contributed by atoms with E-state index in [0.717, 1.165) is 25.9 Å². The van der Waals surface area contributed by atoms with Crippen molar-refractivity contribution in [3.05, 3.63) is 30.3 Å². The van der Waals surface area contributed by atoms with Crippen LogP contribution in [-0.4, -0.2) is 104 Å². The molecule has 1 amide bonds. The predicted octanol–water partition coefficient (Wildman–Crippen LogP) is 2.40. The Bertz CT molecular complexity index is 962. The molecule has 0 bridgehead atoms. The second-order valence-corrected chi connectivity index (χ2v) is 11.2. The van der Waals surface area contributed by atoms with E-state index in [0.29, 0.717) is 43.2 Å². The van der Waals surface area contributed by atoms with Crippen LogP contribution >= 0.6 is 0 Å². The van der Waals surface area contributed by atoms with Crippen molar-refractivity contribution in [3.8, 4) is 0 Å². The fraction of sp³-hybridized carbons (Fsp3) is 0.667. The second-order valence-electron chi connectivity index (χ2n) is 9.27. The summed E-state index contributed by atoms with van der Waals surface area (Å²) in [4.78, 5) is 26.1. The van der Waals surface area contributed by atoms with Crippen LogP contribution in [0.5, 0.6) is 0 Å². The molecule has 2 aliphatic heterocycles. The molecule has 0 spiro atoms. The summed E-state index contributed by atoms with van der Waals surface area (Å²) in [6, 6.07) is 9.47. The van der Waals surface area contributed by atoms with Crippen LogP contribution in [0.15, 0.2) is 35.2 Å². The summed E-state index contributed by atoms with van der Waals surface area (Å²) in [7, 11) is -3.64. The molecule has 2 saturated heterocycles. The number of carbonyl (C=O) groups excluding carboxylic acids is 1. The van der Waals surface area contributed by atoms with E-state index in [4.69, 9.17) is 9.90 Å². The van der Waals surface area contributed by atoms with E-state index in [-0.39, 0.29) is 18.9 Å². The number of carboxylic acid groups (broad SMARTS) is 1. The van der Waals surface area contributed by atoms with Gasteiger partial charge in [0.2, 0.25) is 15.9 Å². The number of rotatable bonds is 8. The highest BCUT2D eigenvalue weighted by Gasteiger charge is 2.38. The van der Waals surface area contributed by atoms with Gasteiger partial charge in [-0.05, 0) is 38.8 Å². The fourth-order valence-corrected chi connectivity index (χ4v) is 5.98. The molecule has 2 atom stereocenters. The standard InChI is InChI=1S/C22H36N4O3S.C2HF3O2/c1-19-7-6-8-20(2)26(19)18-17-25(30(28,29)21-9-4-3-5-10-21)14-11-22(27)24-15-12-23-13-16-24;3-2(4,5)1(6)7/h3-5,9-10,19-20,23H,6-8,11-18H2,1-2H3;(H,6,7). The maximum atomic E-state index is 13.3. The minimum Gasteiger partial charge on any atom is -0.475 e. The third kappa shape index (κ3) is 9.55. The smallest absolute Gasteiger partial charge is 0.475 e. The topological polar surface area (TPSA) is 110 Å². The van der Waals surface area contributed by atoms with Gasteiger partial charge < -0.3 is 15.3 Å². The van der Waals surface area contributed by atoms with Gasteiger partial charge in [-0.2, -0.15) is 17.5 Å². The molecule has 13 heteroatoms. The van der Waals surface area contributed by atoms with Gasteiger partial charge in [0.25, 0.3) is 0 Å². The Morgan fingerprint density at radius 1 is 1.05 bits per heavy atom. The molecule has 1 aromatic rings. The van der Waals surface area contributed by atoms with Crippen LogP contribution in [0.2, 0.25) is 0 Å². The van der Waals surface area contributed by atoms with Gasteiger partial charge in [0.1, 0.15) is 0 Å². The number of hydrogen-bond donors (Lipinski definition) is 2. The number of likely N-dealkylation sites (tertiary alicyclic amines) is 1. The van der Waals surface area contributed by atoms with Crippen molar-refractivity contribution in [2.45, 2.75) is 62.7 Å². The van der Waals surface area contributed by atoms with E-state index in [1.54, 1.807) is 24.3 Å². The first kappa shape index (κ1) is 31.0. The van der Waals surface area contributed by atoms with E-state index in [1.165, 1.54) is 10.7 Å². The van der Waals surface area contributed by atoms with E-state index < -0.39 is 22.2 Å². The van der Waals surface area contributed by atoms with Gasteiger partial charge in [0.05, 0.1) is 4.90 Å². The lowest BCUT2D eigenvalue weighted by Gasteiger charge is -2.40. The number of amides is 1. The Balaban J connectivity index is 0.000000604. The van der Waals surface area contributed by atoms with Gasteiger partial charge >= 0.3 is 12.1 Å². The van der Waals surface area contributed by atoms with E-state index >= 15 is 0 Å². The Morgan fingerprint density at radius 2 is 1.59 bits per heavy atom. The van der Waals surface area contributed by atoms with E-state index in [2.05, 4.69) is 24.1 Å². The molecule has 2 aliphatic rings. The molecule has 0 aliphatic carbocycles. The Labute approximate surface area is 216 Å². The summed E-state index contributed by atoms with van der Waals surface area (Å²) in [5.74, 6) is -2.73. The number of carbonyl (C=O) groups is 2. The molecule has 0 aromatic heterocycles. The molecular weight excluding hydrogens is 513 g/mol. The van der Waals surface area contributed by atoms with Crippen LogP contribution in [0.1, 0.15) is 39.5 Å². The molecule has 1 aromatic carbocycles. The summed E-state index contributed by atoms with van der Waals surface area (Å²) in [6.45, 7) is 8.72. The highest BCUT2D eigenvalue weighted by atomic mass is 32.2. The highest BCUT2D eigenvalue weighted by molar-refractivity contribution is 7.89. The second kappa shape index (κ2) is 14.1. The van der Waals surface area contributed by atoms with Crippen molar-refractivity contribution in [2.24, 2.45) is 0 Å². The number of halogens is 3. The lowest BCUT2D eigenvalue weighted by Crippen LogP contribution is -2.49. The Kier molecular flexibility index (Phi) is 11.8. The third-order valence-corrected chi connectivity index (χ3v) is 8.56. The summed E-state index contributed by atoms with van der Waals surface area (Å²) in [5.41, 5.74) is 0. The van der Waals surface area contributed by atoms with Gasteiger partial charge in [-0.25, -0.2) is 13.2 Å². The zero-order valence-corrected chi connectivity index (χ0v) is 22.1.